The molecule has 1 fully saturated rings. The van der Waals surface area contributed by atoms with E-state index < -0.39 is 0 Å². The molecule has 0 aromatic heterocycles. The molecule has 2 unspecified atom stereocenters. The standard InChI is InChI=1S/C19H22N4O2/c20-11-18(24)22-16-10-17(21-12-16)19(25)23-15-8-4-7-14(9-15)13-5-2-1-3-6-13/h1-9,16-17,21H,10-12,20H2,(H,22,24)(H,23,25). The maximum Gasteiger partial charge on any atom is 0.241 e. The van der Waals surface area contributed by atoms with Gasteiger partial charge in [-0.2, -0.15) is 0 Å². The van der Waals surface area contributed by atoms with Crippen molar-refractivity contribution < 1.29 is 9.59 Å². The smallest absolute Gasteiger partial charge is 0.241 e. The number of hydrogen-bond acceptors (Lipinski definition) is 4. The molecule has 0 spiro atoms. The van der Waals surface area contributed by atoms with Crippen LogP contribution in [0.1, 0.15) is 6.42 Å². The molecular formula is C19H22N4O2. The predicted octanol–water partition coefficient (Wildman–Crippen LogP) is 1.10. The largest absolute Gasteiger partial charge is 0.351 e. The van der Waals surface area contributed by atoms with Crippen molar-refractivity contribution in [3.05, 3.63) is 54.6 Å². The first-order valence-electron chi connectivity index (χ1n) is 8.35. The molecule has 25 heavy (non-hydrogen) atoms. The minimum atomic E-state index is -0.330. The Morgan fingerprint density at radius 2 is 1.84 bits per heavy atom. The fourth-order valence-electron chi connectivity index (χ4n) is 2.97. The zero-order chi connectivity index (χ0) is 17.6. The second-order valence-electron chi connectivity index (χ2n) is 6.10. The Morgan fingerprint density at radius 1 is 1.08 bits per heavy atom. The van der Waals surface area contributed by atoms with Crippen LogP contribution in [0.15, 0.2) is 54.6 Å². The summed E-state index contributed by atoms with van der Waals surface area (Å²) in [5, 5.41) is 8.88. The van der Waals surface area contributed by atoms with Gasteiger partial charge in [-0.25, -0.2) is 0 Å². The molecule has 0 saturated carbocycles. The molecule has 2 aromatic carbocycles. The molecule has 3 rings (SSSR count). The van der Waals surface area contributed by atoms with E-state index in [2.05, 4.69) is 16.0 Å². The Labute approximate surface area is 146 Å². The summed E-state index contributed by atoms with van der Waals surface area (Å²) in [6, 6.07) is 17.4. The fraction of sp³-hybridized carbons (Fsp3) is 0.263. The molecule has 1 aliphatic rings. The van der Waals surface area contributed by atoms with Crippen molar-refractivity contribution in [2.24, 2.45) is 5.73 Å². The van der Waals surface area contributed by atoms with Crippen LogP contribution in [-0.2, 0) is 9.59 Å². The number of amides is 2. The lowest BCUT2D eigenvalue weighted by Gasteiger charge is -2.13. The first-order valence-corrected chi connectivity index (χ1v) is 8.35. The number of carbonyl (C=O) groups is 2. The van der Waals surface area contributed by atoms with E-state index in [1.54, 1.807) is 0 Å². The topological polar surface area (TPSA) is 96.2 Å². The molecule has 6 nitrogen and oxygen atoms in total. The molecule has 1 saturated heterocycles. The van der Waals surface area contributed by atoms with Crippen molar-refractivity contribution in [1.29, 1.82) is 0 Å². The molecule has 5 N–H and O–H groups in total. The van der Waals surface area contributed by atoms with Gasteiger partial charge in [-0.05, 0) is 29.7 Å². The molecular weight excluding hydrogens is 316 g/mol. The Hall–Kier alpha value is -2.70. The van der Waals surface area contributed by atoms with E-state index in [1.807, 2.05) is 54.6 Å². The number of rotatable bonds is 5. The molecule has 1 heterocycles. The zero-order valence-electron chi connectivity index (χ0n) is 13.9. The first kappa shape index (κ1) is 17.1. The summed E-state index contributed by atoms with van der Waals surface area (Å²) >= 11 is 0. The average Bonchev–Trinajstić information content (AvgIpc) is 3.11. The summed E-state index contributed by atoms with van der Waals surface area (Å²) in [5.41, 5.74) is 8.20. The van der Waals surface area contributed by atoms with Gasteiger partial charge in [0.15, 0.2) is 0 Å². The molecule has 0 bridgehead atoms. The van der Waals surface area contributed by atoms with Gasteiger partial charge in [0, 0.05) is 18.3 Å². The van der Waals surface area contributed by atoms with E-state index >= 15 is 0 Å². The second-order valence-corrected chi connectivity index (χ2v) is 6.10. The molecule has 1 aliphatic heterocycles. The maximum absolute atomic E-state index is 12.5. The van der Waals surface area contributed by atoms with Gasteiger partial charge in [0.05, 0.1) is 12.6 Å². The third-order valence-corrected chi connectivity index (χ3v) is 4.24. The SMILES string of the molecule is NCC(=O)NC1CNC(C(=O)Nc2cccc(-c3ccccc3)c2)C1. The van der Waals surface area contributed by atoms with E-state index in [0.717, 1.165) is 16.8 Å². The van der Waals surface area contributed by atoms with Crippen LogP contribution in [0.4, 0.5) is 5.69 Å². The number of nitrogens with one attached hydrogen (secondary N) is 3. The highest BCUT2D eigenvalue weighted by molar-refractivity contribution is 5.95. The normalized spacial score (nSPS) is 19.4. The van der Waals surface area contributed by atoms with Crippen LogP contribution in [-0.4, -0.2) is 37.0 Å². The monoisotopic (exact) mass is 338 g/mol. The Balaban J connectivity index is 1.61. The first-order chi connectivity index (χ1) is 12.2. The van der Waals surface area contributed by atoms with Crippen LogP contribution in [0.25, 0.3) is 11.1 Å². The predicted molar refractivity (Wildman–Crippen MR) is 97.9 cm³/mol. The van der Waals surface area contributed by atoms with Gasteiger partial charge in [0.1, 0.15) is 0 Å². The number of anilines is 1. The molecule has 2 aromatic rings. The van der Waals surface area contributed by atoms with Crippen molar-refractivity contribution in [2.75, 3.05) is 18.4 Å². The lowest BCUT2D eigenvalue weighted by Crippen LogP contribution is -2.39. The lowest BCUT2D eigenvalue weighted by atomic mass is 10.1. The van der Waals surface area contributed by atoms with Crippen molar-refractivity contribution in [3.63, 3.8) is 0 Å². The summed E-state index contributed by atoms with van der Waals surface area (Å²) in [5.74, 6) is -0.307. The molecule has 6 heteroatoms. The summed E-state index contributed by atoms with van der Waals surface area (Å²) in [7, 11) is 0. The zero-order valence-corrected chi connectivity index (χ0v) is 13.9. The molecule has 0 radical (unpaired) electrons. The Bertz CT molecular complexity index is 748. The van der Waals surface area contributed by atoms with Crippen LogP contribution in [0.3, 0.4) is 0 Å². The third kappa shape index (κ3) is 4.43. The summed E-state index contributed by atoms with van der Waals surface area (Å²) < 4.78 is 0. The highest BCUT2D eigenvalue weighted by Crippen LogP contribution is 2.22. The molecule has 130 valence electrons. The Kier molecular flexibility index (Phi) is 5.42. The van der Waals surface area contributed by atoms with Crippen molar-refractivity contribution in [2.45, 2.75) is 18.5 Å². The summed E-state index contributed by atoms with van der Waals surface area (Å²) in [6.45, 7) is 0.521. The van der Waals surface area contributed by atoms with E-state index in [0.29, 0.717) is 13.0 Å². The van der Waals surface area contributed by atoms with Gasteiger partial charge in [-0.3, -0.25) is 9.59 Å². The van der Waals surface area contributed by atoms with Crippen LogP contribution in [0.5, 0.6) is 0 Å². The Morgan fingerprint density at radius 3 is 2.60 bits per heavy atom. The minimum absolute atomic E-state index is 0.0420. The molecule has 2 amide bonds. The highest BCUT2D eigenvalue weighted by Gasteiger charge is 2.30. The van der Waals surface area contributed by atoms with Gasteiger partial charge < -0.3 is 21.7 Å². The van der Waals surface area contributed by atoms with Gasteiger partial charge in [0.25, 0.3) is 0 Å². The minimum Gasteiger partial charge on any atom is -0.351 e. The summed E-state index contributed by atoms with van der Waals surface area (Å²) in [6.07, 6.45) is 0.552. The number of nitrogens with two attached hydrogens (primary N) is 1. The summed E-state index contributed by atoms with van der Waals surface area (Å²) in [4.78, 5) is 23.8. The highest BCUT2D eigenvalue weighted by atomic mass is 16.2. The van der Waals surface area contributed by atoms with Crippen molar-refractivity contribution >= 4 is 17.5 Å². The van der Waals surface area contributed by atoms with E-state index in [1.165, 1.54) is 0 Å². The van der Waals surface area contributed by atoms with Crippen LogP contribution in [0.2, 0.25) is 0 Å². The van der Waals surface area contributed by atoms with Gasteiger partial charge in [-0.1, -0.05) is 42.5 Å². The van der Waals surface area contributed by atoms with Gasteiger partial charge in [0.2, 0.25) is 11.8 Å². The maximum atomic E-state index is 12.5. The van der Waals surface area contributed by atoms with Crippen molar-refractivity contribution in [1.82, 2.24) is 10.6 Å². The van der Waals surface area contributed by atoms with Crippen molar-refractivity contribution in [3.8, 4) is 11.1 Å². The third-order valence-electron chi connectivity index (χ3n) is 4.24. The van der Waals surface area contributed by atoms with E-state index in [9.17, 15) is 9.59 Å². The number of benzene rings is 2. The number of hydrogen-bond donors (Lipinski definition) is 4. The van der Waals surface area contributed by atoms with Gasteiger partial charge in [-0.15, -0.1) is 0 Å². The lowest BCUT2D eigenvalue weighted by molar-refractivity contribution is -0.121. The second kappa shape index (κ2) is 7.92. The van der Waals surface area contributed by atoms with Crippen LogP contribution in [0, 0.1) is 0 Å². The number of carbonyl (C=O) groups excluding carboxylic acids is 2. The average molecular weight is 338 g/mol. The molecule has 0 aliphatic carbocycles. The van der Waals surface area contributed by atoms with Gasteiger partial charge >= 0.3 is 0 Å². The van der Waals surface area contributed by atoms with Crippen LogP contribution < -0.4 is 21.7 Å². The quantitative estimate of drug-likeness (QED) is 0.656. The van der Waals surface area contributed by atoms with Crippen LogP contribution >= 0.6 is 0 Å². The fourth-order valence-corrected chi connectivity index (χ4v) is 2.97. The molecule has 2 atom stereocenters. The van der Waals surface area contributed by atoms with E-state index in [4.69, 9.17) is 5.73 Å². The van der Waals surface area contributed by atoms with E-state index in [-0.39, 0.29) is 30.4 Å².